The Labute approximate surface area is 91.1 Å². The lowest BCUT2D eigenvalue weighted by Crippen LogP contribution is -2.20. The van der Waals surface area contributed by atoms with Gasteiger partial charge in [0.25, 0.3) is 0 Å². The van der Waals surface area contributed by atoms with Crippen LogP contribution >= 0.6 is 27.3 Å². The van der Waals surface area contributed by atoms with E-state index in [9.17, 15) is 5.11 Å². The normalized spacial score (nSPS) is 13.2. The molecule has 1 atom stereocenters. The molecule has 2 nitrogen and oxygen atoms in total. The Balaban J connectivity index is 2.60. The molecule has 74 valence electrons. The van der Waals surface area contributed by atoms with Crippen LogP contribution in [0.1, 0.15) is 22.8 Å². The van der Waals surface area contributed by atoms with Gasteiger partial charge < -0.3 is 10.4 Å². The van der Waals surface area contributed by atoms with Gasteiger partial charge in [-0.15, -0.1) is 11.3 Å². The van der Waals surface area contributed by atoms with Crippen molar-refractivity contribution in [1.82, 2.24) is 5.32 Å². The molecule has 0 saturated carbocycles. The second-order valence-corrected chi connectivity index (χ2v) is 5.02. The highest BCUT2D eigenvalue weighted by Gasteiger charge is 2.11. The first-order valence-corrected chi connectivity index (χ1v) is 5.90. The van der Waals surface area contributed by atoms with Crippen LogP contribution in [0.4, 0.5) is 0 Å². The monoisotopic (exact) mass is 263 g/mol. The largest absolute Gasteiger partial charge is 0.386 e. The number of likely N-dealkylation sites (N-methyl/N-ethyl adjacent to an activating group) is 1. The predicted octanol–water partition coefficient (Wildman–Crippen LogP) is 2.46. The third-order valence-electron chi connectivity index (χ3n) is 1.79. The second kappa shape index (κ2) is 5.10. The first kappa shape index (κ1) is 11.2. The van der Waals surface area contributed by atoms with Gasteiger partial charge in [-0.05, 0) is 35.5 Å². The van der Waals surface area contributed by atoms with E-state index in [4.69, 9.17) is 0 Å². The van der Waals surface area contributed by atoms with Gasteiger partial charge in [-0.2, -0.15) is 0 Å². The van der Waals surface area contributed by atoms with Crippen LogP contribution in [0.3, 0.4) is 0 Å². The lowest BCUT2D eigenvalue weighted by molar-refractivity contribution is 0.179. The summed E-state index contributed by atoms with van der Waals surface area (Å²) >= 11 is 5.07. The molecule has 0 aromatic carbocycles. The van der Waals surface area contributed by atoms with Crippen LogP contribution in [-0.4, -0.2) is 18.2 Å². The summed E-state index contributed by atoms with van der Waals surface area (Å²) in [6.07, 6.45) is -0.380. The first-order valence-electron chi connectivity index (χ1n) is 4.29. The zero-order valence-electron chi connectivity index (χ0n) is 7.80. The summed E-state index contributed by atoms with van der Waals surface area (Å²) in [6.45, 7) is 5.59. The smallest absolute Gasteiger partial charge is 0.101 e. The molecule has 1 aromatic heterocycles. The number of hydrogen-bond acceptors (Lipinski definition) is 3. The average Bonchev–Trinajstić information content (AvgIpc) is 2.43. The van der Waals surface area contributed by atoms with Gasteiger partial charge in [-0.25, -0.2) is 0 Å². The molecule has 0 spiro atoms. The SMILES string of the molecule is CCNCC(O)c1cc(Br)c(C)s1. The minimum atomic E-state index is -0.380. The van der Waals surface area contributed by atoms with E-state index in [0.717, 1.165) is 15.9 Å². The molecule has 0 aliphatic carbocycles. The second-order valence-electron chi connectivity index (χ2n) is 2.88. The molecule has 1 unspecified atom stereocenters. The lowest BCUT2D eigenvalue weighted by atomic mass is 10.3. The van der Waals surface area contributed by atoms with Gasteiger partial charge in [0.15, 0.2) is 0 Å². The van der Waals surface area contributed by atoms with Crippen LogP contribution in [0.5, 0.6) is 0 Å². The molecule has 4 heteroatoms. The Kier molecular flexibility index (Phi) is 4.38. The van der Waals surface area contributed by atoms with Gasteiger partial charge in [0.05, 0.1) is 0 Å². The highest BCUT2D eigenvalue weighted by molar-refractivity contribution is 9.10. The Morgan fingerprint density at radius 1 is 1.69 bits per heavy atom. The van der Waals surface area contributed by atoms with E-state index in [1.807, 2.05) is 19.9 Å². The maximum absolute atomic E-state index is 9.72. The molecule has 1 heterocycles. The molecule has 0 amide bonds. The molecular weight excluding hydrogens is 250 g/mol. The van der Waals surface area contributed by atoms with E-state index in [1.54, 1.807) is 11.3 Å². The molecule has 1 aromatic rings. The number of thiophene rings is 1. The Bertz CT molecular complexity index is 255. The van der Waals surface area contributed by atoms with Gasteiger partial charge in [0.1, 0.15) is 6.10 Å². The molecule has 0 bridgehead atoms. The fourth-order valence-corrected chi connectivity index (χ4v) is 2.57. The van der Waals surface area contributed by atoms with E-state index in [-0.39, 0.29) is 6.10 Å². The van der Waals surface area contributed by atoms with Crippen molar-refractivity contribution in [3.8, 4) is 0 Å². The van der Waals surface area contributed by atoms with Crippen molar-refractivity contribution in [2.45, 2.75) is 20.0 Å². The molecule has 13 heavy (non-hydrogen) atoms. The van der Waals surface area contributed by atoms with Crippen LogP contribution in [0.25, 0.3) is 0 Å². The molecule has 0 fully saturated rings. The van der Waals surface area contributed by atoms with Gasteiger partial charge in [-0.1, -0.05) is 6.92 Å². The third-order valence-corrected chi connectivity index (χ3v) is 4.03. The Hall–Kier alpha value is 0.1000. The molecule has 0 radical (unpaired) electrons. The Morgan fingerprint density at radius 3 is 2.85 bits per heavy atom. The van der Waals surface area contributed by atoms with E-state index >= 15 is 0 Å². The molecule has 1 rings (SSSR count). The fraction of sp³-hybridized carbons (Fsp3) is 0.556. The van der Waals surface area contributed by atoms with Crippen LogP contribution in [0, 0.1) is 6.92 Å². The van der Waals surface area contributed by atoms with Crippen molar-refractivity contribution >= 4 is 27.3 Å². The lowest BCUT2D eigenvalue weighted by Gasteiger charge is -2.07. The average molecular weight is 264 g/mol. The maximum Gasteiger partial charge on any atom is 0.101 e. The number of aliphatic hydroxyl groups excluding tert-OH is 1. The summed E-state index contributed by atoms with van der Waals surface area (Å²) in [5, 5.41) is 12.8. The molecule has 0 saturated heterocycles. The van der Waals surface area contributed by atoms with E-state index in [2.05, 4.69) is 21.2 Å². The zero-order valence-corrected chi connectivity index (χ0v) is 10.2. The summed E-state index contributed by atoms with van der Waals surface area (Å²) in [7, 11) is 0. The van der Waals surface area contributed by atoms with Crippen LogP contribution in [0.15, 0.2) is 10.5 Å². The zero-order chi connectivity index (χ0) is 9.84. The molecular formula is C9H14BrNOS. The number of rotatable bonds is 4. The van der Waals surface area contributed by atoms with E-state index in [1.165, 1.54) is 4.88 Å². The number of aliphatic hydroxyl groups is 1. The summed E-state index contributed by atoms with van der Waals surface area (Å²) in [5.41, 5.74) is 0. The fourth-order valence-electron chi connectivity index (χ4n) is 1.03. The summed E-state index contributed by atoms with van der Waals surface area (Å²) in [5.74, 6) is 0. The van der Waals surface area contributed by atoms with Crippen molar-refractivity contribution in [3.63, 3.8) is 0 Å². The number of aryl methyl sites for hydroxylation is 1. The number of nitrogens with one attached hydrogen (secondary N) is 1. The highest BCUT2D eigenvalue weighted by atomic mass is 79.9. The van der Waals surface area contributed by atoms with Gasteiger partial charge in [0, 0.05) is 20.8 Å². The van der Waals surface area contributed by atoms with Crippen molar-refractivity contribution in [3.05, 3.63) is 20.3 Å². The van der Waals surface area contributed by atoms with Gasteiger partial charge in [0.2, 0.25) is 0 Å². The quantitative estimate of drug-likeness (QED) is 0.875. The minimum absolute atomic E-state index is 0.380. The van der Waals surface area contributed by atoms with Crippen LogP contribution < -0.4 is 5.32 Å². The van der Waals surface area contributed by atoms with E-state index < -0.39 is 0 Å². The molecule has 0 aliphatic rings. The van der Waals surface area contributed by atoms with Crippen molar-refractivity contribution in [1.29, 1.82) is 0 Å². The number of halogens is 1. The topological polar surface area (TPSA) is 32.3 Å². The summed E-state index contributed by atoms with van der Waals surface area (Å²) in [4.78, 5) is 2.23. The third kappa shape index (κ3) is 3.06. The summed E-state index contributed by atoms with van der Waals surface area (Å²) in [6, 6.07) is 1.99. The van der Waals surface area contributed by atoms with Crippen LogP contribution in [0.2, 0.25) is 0 Å². The highest BCUT2D eigenvalue weighted by Crippen LogP contribution is 2.30. The van der Waals surface area contributed by atoms with Crippen molar-refractivity contribution in [2.24, 2.45) is 0 Å². The first-order chi connectivity index (χ1) is 6.15. The Morgan fingerprint density at radius 2 is 2.38 bits per heavy atom. The van der Waals surface area contributed by atoms with Crippen molar-refractivity contribution in [2.75, 3.05) is 13.1 Å². The maximum atomic E-state index is 9.72. The predicted molar refractivity (Wildman–Crippen MR) is 60.3 cm³/mol. The van der Waals surface area contributed by atoms with Gasteiger partial charge >= 0.3 is 0 Å². The summed E-state index contributed by atoms with van der Waals surface area (Å²) < 4.78 is 1.09. The van der Waals surface area contributed by atoms with Crippen molar-refractivity contribution < 1.29 is 5.11 Å². The number of hydrogen-bond donors (Lipinski definition) is 2. The molecule has 2 N–H and O–H groups in total. The standard InChI is InChI=1S/C9H14BrNOS/c1-3-11-5-8(12)9-4-7(10)6(2)13-9/h4,8,11-12H,3,5H2,1-2H3. The minimum Gasteiger partial charge on any atom is -0.386 e. The molecule has 0 aliphatic heterocycles. The van der Waals surface area contributed by atoms with Crippen LogP contribution in [-0.2, 0) is 0 Å². The van der Waals surface area contributed by atoms with Gasteiger partial charge in [-0.3, -0.25) is 0 Å². The van der Waals surface area contributed by atoms with E-state index in [0.29, 0.717) is 6.54 Å².